The lowest BCUT2D eigenvalue weighted by Crippen LogP contribution is -2.02. The van der Waals surface area contributed by atoms with Gasteiger partial charge in [-0.05, 0) is 35.9 Å². The number of nitrogens with zero attached hydrogens (tertiary/aromatic N) is 4. The van der Waals surface area contributed by atoms with E-state index in [-0.39, 0.29) is 64.3 Å². The largest absolute Gasteiger partial charge is 0.473 e. The molecular formula is C25H15F3N6O3. The van der Waals surface area contributed by atoms with Crippen LogP contribution in [0.3, 0.4) is 0 Å². The van der Waals surface area contributed by atoms with Gasteiger partial charge in [-0.1, -0.05) is 12.1 Å². The predicted molar refractivity (Wildman–Crippen MR) is 123 cm³/mol. The quantitative estimate of drug-likeness (QED) is 0.338. The highest BCUT2D eigenvalue weighted by Gasteiger charge is 2.17. The van der Waals surface area contributed by atoms with Gasteiger partial charge in [0.2, 0.25) is 17.5 Å². The monoisotopic (exact) mass is 504 g/mol. The predicted octanol–water partition coefficient (Wildman–Crippen LogP) is 4.27. The molecule has 0 aliphatic rings. The second-order valence-electron chi connectivity index (χ2n) is 7.85. The molecule has 0 saturated heterocycles. The van der Waals surface area contributed by atoms with E-state index in [2.05, 4.69) is 25.3 Å². The number of nitrogens with one attached hydrogen (secondary N) is 2. The van der Waals surface area contributed by atoms with Gasteiger partial charge in [0.25, 0.3) is 5.56 Å². The molecule has 0 aliphatic carbocycles. The molecule has 3 aromatic heterocycles. The normalized spacial score (nSPS) is 10.9. The fourth-order valence-corrected chi connectivity index (χ4v) is 3.51. The SMILES string of the molecule is N#Cc1ccc(COc2cccc(-c3cc(F)c(Cc4nc(-c5cc(=O)[nH]o5)n[nH]4)cc3F)n2)c(F)c1. The summed E-state index contributed by atoms with van der Waals surface area (Å²) in [7, 11) is 0. The third-order valence-electron chi connectivity index (χ3n) is 5.33. The lowest BCUT2D eigenvalue weighted by Gasteiger charge is -2.10. The summed E-state index contributed by atoms with van der Waals surface area (Å²) in [5.41, 5.74) is -0.0337. The number of benzene rings is 2. The Labute approximate surface area is 206 Å². The summed E-state index contributed by atoms with van der Waals surface area (Å²) >= 11 is 0. The molecular weight excluding hydrogens is 489 g/mol. The summed E-state index contributed by atoms with van der Waals surface area (Å²) in [4.78, 5) is 19.5. The number of nitriles is 1. The zero-order valence-electron chi connectivity index (χ0n) is 18.8. The Bertz CT molecular complexity index is 1700. The molecule has 0 aliphatic heterocycles. The van der Waals surface area contributed by atoms with Gasteiger partial charge in [0.15, 0.2) is 0 Å². The first-order chi connectivity index (χ1) is 17.9. The van der Waals surface area contributed by atoms with Crippen LogP contribution in [0.5, 0.6) is 5.88 Å². The van der Waals surface area contributed by atoms with E-state index in [0.29, 0.717) is 0 Å². The van der Waals surface area contributed by atoms with Gasteiger partial charge in [-0.25, -0.2) is 23.1 Å². The minimum atomic E-state index is -0.726. The van der Waals surface area contributed by atoms with Crippen LogP contribution in [0, 0.1) is 28.8 Å². The van der Waals surface area contributed by atoms with Crippen LogP contribution in [0.15, 0.2) is 63.9 Å². The summed E-state index contributed by atoms with van der Waals surface area (Å²) < 4.78 is 54.4. The highest BCUT2D eigenvalue weighted by atomic mass is 19.1. The molecule has 0 fully saturated rings. The van der Waals surface area contributed by atoms with Gasteiger partial charge >= 0.3 is 0 Å². The van der Waals surface area contributed by atoms with Gasteiger partial charge in [-0.3, -0.25) is 9.89 Å². The first-order valence-corrected chi connectivity index (χ1v) is 10.8. The second-order valence-corrected chi connectivity index (χ2v) is 7.85. The van der Waals surface area contributed by atoms with Gasteiger partial charge in [0.1, 0.15) is 29.9 Å². The first kappa shape index (κ1) is 23.6. The first-order valence-electron chi connectivity index (χ1n) is 10.8. The molecule has 5 rings (SSSR count). The van der Waals surface area contributed by atoms with E-state index in [1.807, 2.05) is 6.07 Å². The van der Waals surface area contributed by atoms with Crippen LogP contribution in [0.1, 0.15) is 22.5 Å². The molecule has 0 bridgehead atoms. The molecule has 0 saturated carbocycles. The maximum atomic E-state index is 15.0. The van der Waals surface area contributed by atoms with Crippen molar-refractivity contribution in [2.24, 2.45) is 0 Å². The number of rotatable bonds is 7. The molecule has 3 heterocycles. The van der Waals surface area contributed by atoms with Crippen LogP contribution in [-0.4, -0.2) is 25.3 Å². The molecule has 5 aromatic rings. The van der Waals surface area contributed by atoms with Crippen molar-refractivity contribution in [2.45, 2.75) is 13.0 Å². The fourth-order valence-electron chi connectivity index (χ4n) is 3.51. The summed E-state index contributed by atoms with van der Waals surface area (Å²) in [6, 6.07) is 13.6. The number of halogens is 3. The van der Waals surface area contributed by atoms with E-state index >= 15 is 0 Å². The Morgan fingerprint density at radius 1 is 0.973 bits per heavy atom. The van der Waals surface area contributed by atoms with Crippen molar-refractivity contribution in [2.75, 3.05) is 0 Å². The van der Waals surface area contributed by atoms with E-state index in [4.69, 9.17) is 14.5 Å². The third kappa shape index (κ3) is 5.10. The number of aromatic amines is 2. The summed E-state index contributed by atoms with van der Waals surface area (Å²) in [6.07, 6.45) is -0.0998. The number of hydrogen-bond acceptors (Lipinski definition) is 7. The molecule has 2 N–H and O–H groups in total. The van der Waals surface area contributed by atoms with E-state index in [0.717, 1.165) is 24.3 Å². The molecule has 0 unspecified atom stereocenters. The number of hydrogen-bond donors (Lipinski definition) is 2. The fraction of sp³-hybridized carbons (Fsp3) is 0.0800. The van der Waals surface area contributed by atoms with Crippen molar-refractivity contribution >= 4 is 0 Å². The zero-order valence-corrected chi connectivity index (χ0v) is 18.8. The van der Waals surface area contributed by atoms with Gasteiger partial charge in [0, 0.05) is 23.6 Å². The topological polar surface area (TPSA) is 133 Å². The molecule has 12 heteroatoms. The van der Waals surface area contributed by atoms with Crippen LogP contribution in [0.4, 0.5) is 13.2 Å². The van der Waals surface area contributed by atoms with E-state index in [1.165, 1.54) is 24.3 Å². The van der Waals surface area contributed by atoms with Gasteiger partial charge in [-0.15, -0.1) is 5.10 Å². The summed E-state index contributed by atoms with van der Waals surface area (Å²) in [5.74, 6) is -1.53. The molecule has 0 radical (unpaired) electrons. The molecule has 184 valence electrons. The minimum absolute atomic E-state index is 0.0168. The van der Waals surface area contributed by atoms with Crippen LogP contribution in [0.2, 0.25) is 0 Å². The highest BCUT2D eigenvalue weighted by molar-refractivity contribution is 5.61. The highest BCUT2D eigenvalue weighted by Crippen LogP contribution is 2.27. The maximum Gasteiger partial charge on any atom is 0.280 e. The summed E-state index contributed by atoms with van der Waals surface area (Å²) in [5, 5.41) is 17.5. The van der Waals surface area contributed by atoms with Crippen molar-refractivity contribution in [3.63, 3.8) is 0 Å². The summed E-state index contributed by atoms with van der Waals surface area (Å²) in [6.45, 7) is -0.172. The zero-order chi connectivity index (χ0) is 25.9. The molecule has 2 aromatic carbocycles. The Morgan fingerprint density at radius 2 is 1.81 bits per heavy atom. The van der Waals surface area contributed by atoms with Gasteiger partial charge in [-0.2, -0.15) is 10.4 Å². The van der Waals surface area contributed by atoms with Crippen LogP contribution >= 0.6 is 0 Å². The van der Waals surface area contributed by atoms with Gasteiger partial charge in [0.05, 0.1) is 23.4 Å². The van der Waals surface area contributed by atoms with Crippen LogP contribution in [-0.2, 0) is 13.0 Å². The Balaban J connectivity index is 1.33. The van der Waals surface area contributed by atoms with Crippen molar-refractivity contribution in [3.05, 3.63) is 105 Å². The Kier molecular flexibility index (Phi) is 6.25. The average Bonchev–Trinajstić information content (AvgIpc) is 3.54. The Hall–Kier alpha value is -5.18. The number of aromatic nitrogens is 5. The molecule has 0 atom stereocenters. The van der Waals surface area contributed by atoms with E-state index in [1.54, 1.807) is 6.07 Å². The standard InChI is InChI=1S/C25H15F3N6O3/c26-17-6-13(11-29)4-5-14(17)12-36-24-3-1-2-20(30-24)16-9-18(27)15(7-19(16)28)8-22-31-25(33-32-22)21-10-23(35)34-37-21/h1-7,9-10H,8,12H2,(H,34,35)(H,31,32,33). The smallest absolute Gasteiger partial charge is 0.280 e. The molecule has 37 heavy (non-hydrogen) atoms. The second kappa shape index (κ2) is 9.82. The van der Waals surface area contributed by atoms with Crippen LogP contribution in [0.25, 0.3) is 22.8 Å². The molecule has 0 amide bonds. The van der Waals surface area contributed by atoms with E-state index in [9.17, 15) is 18.0 Å². The van der Waals surface area contributed by atoms with Crippen LogP contribution < -0.4 is 10.3 Å². The number of ether oxygens (including phenoxy) is 1. The molecule has 9 nitrogen and oxygen atoms in total. The Morgan fingerprint density at radius 3 is 2.57 bits per heavy atom. The van der Waals surface area contributed by atoms with Crippen molar-refractivity contribution in [1.82, 2.24) is 25.3 Å². The average molecular weight is 504 g/mol. The van der Waals surface area contributed by atoms with E-state index < -0.39 is 23.0 Å². The number of pyridine rings is 1. The number of H-pyrrole nitrogens is 2. The third-order valence-corrected chi connectivity index (χ3v) is 5.33. The van der Waals surface area contributed by atoms with Gasteiger partial charge < -0.3 is 9.26 Å². The molecule has 0 spiro atoms. The lowest BCUT2D eigenvalue weighted by molar-refractivity contribution is 0.288. The van der Waals surface area contributed by atoms with Crippen molar-refractivity contribution < 1.29 is 22.4 Å². The lowest BCUT2D eigenvalue weighted by atomic mass is 10.0. The van der Waals surface area contributed by atoms with Crippen molar-refractivity contribution in [3.8, 4) is 34.8 Å². The van der Waals surface area contributed by atoms with Crippen molar-refractivity contribution in [1.29, 1.82) is 5.26 Å². The maximum absolute atomic E-state index is 15.0. The minimum Gasteiger partial charge on any atom is -0.473 e.